The quantitative estimate of drug-likeness (QED) is 0.345. The summed E-state index contributed by atoms with van der Waals surface area (Å²) in [4.78, 5) is 18.2. The van der Waals surface area contributed by atoms with Crippen LogP contribution in [0.15, 0.2) is 83.9 Å². The van der Waals surface area contributed by atoms with Crippen LogP contribution in [0, 0.1) is 0 Å². The average Bonchev–Trinajstić information content (AvgIpc) is 2.88. The molecule has 2 aliphatic rings. The summed E-state index contributed by atoms with van der Waals surface area (Å²) in [6, 6.07) is 22.7. The molecule has 4 bridgehead atoms. The van der Waals surface area contributed by atoms with Crippen LogP contribution in [-0.2, 0) is 28.7 Å². The van der Waals surface area contributed by atoms with Crippen LogP contribution in [0.1, 0.15) is 29.2 Å². The Morgan fingerprint density at radius 2 is 1.86 bits per heavy atom. The van der Waals surface area contributed by atoms with Crippen LogP contribution in [0.25, 0.3) is 10.8 Å². The number of benzene rings is 3. The van der Waals surface area contributed by atoms with Gasteiger partial charge in [0.25, 0.3) is 0 Å². The predicted molar refractivity (Wildman–Crippen MR) is 140 cm³/mol. The minimum absolute atomic E-state index is 0.149. The molecule has 0 radical (unpaired) electrons. The van der Waals surface area contributed by atoms with Crippen molar-refractivity contribution in [2.24, 2.45) is 0 Å². The molecule has 178 valence electrons. The standard InChI is InChI=1S/C27H27N5O2S/c28-26-24-11-10-22(16-21(24)12-14-29-26)32-25-20-8-6-18(7-9-20)4-2-13-31-35(34)23-5-1-3-19(15-23)17-30-27(25)33/h1,3,5-12,14-16,25,31-32H,2,4,13,17H2,(H2,28,29)(H,30,33). The minimum Gasteiger partial charge on any atom is -0.383 e. The van der Waals surface area contributed by atoms with E-state index in [9.17, 15) is 9.00 Å². The number of hydrogen-bond acceptors (Lipinski definition) is 5. The lowest BCUT2D eigenvalue weighted by Crippen LogP contribution is -2.33. The molecule has 0 aliphatic carbocycles. The van der Waals surface area contributed by atoms with Gasteiger partial charge in [0.15, 0.2) is 0 Å². The number of carbonyl (C=O) groups excluding carboxylic acids is 1. The molecule has 6 rings (SSSR count). The molecular weight excluding hydrogens is 458 g/mol. The molecule has 8 heteroatoms. The third kappa shape index (κ3) is 5.34. The number of carbonyl (C=O) groups is 1. The van der Waals surface area contributed by atoms with Gasteiger partial charge in [-0.3, -0.25) is 4.79 Å². The molecule has 2 atom stereocenters. The Morgan fingerprint density at radius 3 is 2.71 bits per heavy atom. The van der Waals surface area contributed by atoms with Crippen molar-refractivity contribution in [1.82, 2.24) is 15.0 Å². The zero-order valence-corrected chi connectivity index (χ0v) is 20.0. The van der Waals surface area contributed by atoms with Gasteiger partial charge in [0.05, 0.1) is 4.90 Å². The zero-order valence-electron chi connectivity index (χ0n) is 19.2. The maximum atomic E-state index is 13.4. The first-order valence-electron chi connectivity index (χ1n) is 11.6. The van der Waals surface area contributed by atoms with Crippen LogP contribution < -0.4 is 21.1 Å². The molecule has 2 aliphatic heterocycles. The Balaban J connectivity index is 1.46. The van der Waals surface area contributed by atoms with E-state index in [4.69, 9.17) is 5.73 Å². The SMILES string of the molecule is Nc1nccc2cc(NC3C(=O)NCc4cccc(c4)S(=O)NCCCc4ccc3cc4)ccc12. The summed E-state index contributed by atoms with van der Waals surface area (Å²) in [5.41, 5.74) is 9.74. The van der Waals surface area contributed by atoms with Gasteiger partial charge in [0.1, 0.15) is 22.8 Å². The number of nitrogens with one attached hydrogen (secondary N) is 3. The number of amides is 1. The number of hydrogen-bond donors (Lipinski definition) is 4. The fourth-order valence-electron chi connectivity index (χ4n) is 4.24. The van der Waals surface area contributed by atoms with E-state index in [1.807, 2.05) is 60.7 Å². The maximum Gasteiger partial charge on any atom is 0.247 e. The van der Waals surface area contributed by atoms with Crippen molar-refractivity contribution in [3.63, 3.8) is 0 Å². The number of rotatable bonds is 2. The highest BCUT2D eigenvalue weighted by atomic mass is 32.2. The third-order valence-corrected chi connectivity index (χ3v) is 7.28. The lowest BCUT2D eigenvalue weighted by molar-refractivity contribution is -0.122. The van der Waals surface area contributed by atoms with E-state index in [0.717, 1.165) is 40.4 Å². The van der Waals surface area contributed by atoms with E-state index in [-0.39, 0.29) is 5.91 Å². The molecule has 5 N–H and O–H groups in total. The summed E-state index contributed by atoms with van der Waals surface area (Å²) in [7, 11) is -1.29. The Bertz CT molecular complexity index is 1390. The van der Waals surface area contributed by atoms with Gasteiger partial charge < -0.3 is 16.4 Å². The van der Waals surface area contributed by atoms with Gasteiger partial charge in [-0.05, 0) is 71.3 Å². The van der Waals surface area contributed by atoms with Gasteiger partial charge >= 0.3 is 0 Å². The van der Waals surface area contributed by atoms with Crippen molar-refractivity contribution < 1.29 is 9.00 Å². The van der Waals surface area contributed by atoms with E-state index in [1.54, 1.807) is 6.20 Å². The normalized spacial score (nSPS) is 18.8. The Hall–Kier alpha value is -3.75. The van der Waals surface area contributed by atoms with Gasteiger partial charge in [-0.1, -0.05) is 36.4 Å². The number of nitrogen functional groups attached to an aromatic ring is 1. The predicted octanol–water partition coefficient (Wildman–Crippen LogP) is 3.85. The molecule has 35 heavy (non-hydrogen) atoms. The molecule has 0 saturated heterocycles. The summed E-state index contributed by atoms with van der Waals surface area (Å²) in [5.74, 6) is 0.328. The number of nitrogens with zero attached hydrogens (tertiary/aromatic N) is 1. The van der Waals surface area contributed by atoms with E-state index in [2.05, 4.69) is 32.5 Å². The number of nitrogens with two attached hydrogens (primary N) is 1. The Kier molecular flexibility index (Phi) is 6.74. The number of pyridine rings is 1. The molecule has 0 fully saturated rings. The molecule has 4 aromatic rings. The van der Waals surface area contributed by atoms with Crippen LogP contribution in [-0.4, -0.2) is 21.6 Å². The van der Waals surface area contributed by atoms with Gasteiger partial charge in [0, 0.05) is 30.4 Å². The van der Waals surface area contributed by atoms with Crippen molar-refractivity contribution in [2.45, 2.75) is 30.3 Å². The van der Waals surface area contributed by atoms with Crippen LogP contribution in [0.4, 0.5) is 11.5 Å². The summed E-state index contributed by atoms with van der Waals surface area (Å²) in [6.07, 6.45) is 3.40. The van der Waals surface area contributed by atoms with Gasteiger partial charge in [-0.2, -0.15) is 0 Å². The second-order valence-corrected chi connectivity index (χ2v) is 9.88. The van der Waals surface area contributed by atoms with Crippen molar-refractivity contribution in [1.29, 1.82) is 0 Å². The minimum atomic E-state index is -1.29. The van der Waals surface area contributed by atoms with Crippen molar-refractivity contribution in [3.8, 4) is 0 Å². The van der Waals surface area contributed by atoms with Crippen LogP contribution in [0.5, 0.6) is 0 Å². The molecule has 1 amide bonds. The first-order chi connectivity index (χ1) is 17.1. The molecule has 1 aromatic heterocycles. The number of aromatic nitrogens is 1. The second kappa shape index (κ2) is 10.2. The maximum absolute atomic E-state index is 13.4. The zero-order chi connectivity index (χ0) is 24.2. The monoisotopic (exact) mass is 485 g/mol. The number of anilines is 2. The van der Waals surface area contributed by atoms with Crippen LogP contribution in [0.3, 0.4) is 0 Å². The third-order valence-electron chi connectivity index (χ3n) is 6.14. The lowest BCUT2D eigenvalue weighted by Gasteiger charge is -2.21. The first-order valence-corrected chi connectivity index (χ1v) is 12.7. The van der Waals surface area contributed by atoms with E-state index in [1.165, 1.54) is 5.56 Å². The number of fused-ring (bicyclic) bond motifs is 10. The molecule has 3 heterocycles. The highest BCUT2D eigenvalue weighted by Gasteiger charge is 2.21. The van der Waals surface area contributed by atoms with E-state index in [0.29, 0.717) is 23.8 Å². The summed E-state index contributed by atoms with van der Waals surface area (Å²) >= 11 is 0. The second-order valence-electron chi connectivity index (χ2n) is 8.58. The van der Waals surface area contributed by atoms with Crippen LogP contribution >= 0.6 is 0 Å². The summed E-state index contributed by atoms with van der Waals surface area (Å²) in [6.45, 7) is 0.988. The molecule has 0 spiro atoms. The summed E-state index contributed by atoms with van der Waals surface area (Å²) in [5, 5.41) is 8.26. The van der Waals surface area contributed by atoms with Crippen molar-refractivity contribution in [2.75, 3.05) is 17.6 Å². The lowest BCUT2D eigenvalue weighted by atomic mass is 10.0. The van der Waals surface area contributed by atoms with E-state index < -0.39 is 17.0 Å². The fourth-order valence-corrected chi connectivity index (χ4v) is 5.19. The smallest absolute Gasteiger partial charge is 0.247 e. The topological polar surface area (TPSA) is 109 Å². The van der Waals surface area contributed by atoms with Crippen molar-refractivity contribution in [3.05, 3.63) is 95.7 Å². The molecule has 0 saturated carbocycles. The van der Waals surface area contributed by atoms with Crippen molar-refractivity contribution >= 4 is 39.2 Å². The fraction of sp³-hybridized carbons (Fsp3) is 0.185. The van der Waals surface area contributed by atoms with Crippen LogP contribution in [0.2, 0.25) is 0 Å². The van der Waals surface area contributed by atoms with E-state index >= 15 is 0 Å². The largest absolute Gasteiger partial charge is 0.383 e. The molecular formula is C27H27N5O2S. The van der Waals surface area contributed by atoms with Gasteiger partial charge in [-0.25, -0.2) is 13.9 Å². The average molecular weight is 486 g/mol. The Morgan fingerprint density at radius 1 is 1.00 bits per heavy atom. The highest BCUT2D eigenvalue weighted by molar-refractivity contribution is 7.83. The molecule has 7 nitrogen and oxygen atoms in total. The van der Waals surface area contributed by atoms with Gasteiger partial charge in [0.2, 0.25) is 5.91 Å². The number of aryl methyl sites for hydroxylation is 1. The Labute approximate surface area is 206 Å². The first kappa shape index (κ1) is 23.0. The van der Waals surface area contributed by atoms with Gasteiger partial charge in [-0.15, -0.1) is 0 Å². The molecule has 2 unspecified atom stereocenters. The molecule has 3 aromatic carbocycles. The summed E-state index contributed by atoms with van der Waals surface area (Å²) < 4.78 is 15.7. The highest BCUT2D eigenvalue weighted by Crippen LogP contribution is 2.26.